The van der Waals surface area contributed by atoms with Gasteiger partial charge in [0.05, 0.1) is 7.11 Å². The van der Waals surface area contributed by atoms with Crippen molar-refractivity contribution in [1.29, 1.82) is 0 Å². The molecule has 1 aromatic heterocycles. The molecule has 6 nitrogen and oxygen atoms in total. The van der Waals surface area contributed by atoms with Crippen molar-refractivity contribution in [2.45, 2.75) is 0 Å². The van der Waals surface area contributed by atoms with Crippen LogP contribution in [0.25, 0.3) is 11.4 Å². The quantitative estimate of drug-likeness (QED) is 0.813. The first-order valence-electron chi connectivity index (χ1n) is 5.50. The number of nitrogens with zero attached hydrogens (tertiary/aromatic N) is 2. The molecule has 0 saturated carbocycles. The summed E-state index contributed by atoms with van der Waals surface area (Å²) in [5, 5.41) is 9.65. The number of rotatable bonds is 2. The van der Waals surface area contributed by atoms with E-state index in [1.807, 2.05) is 6.07 Å². The molecular weight excluding hydrogens is 248 g/mol. The normalized spacial score (nSPS) is 10.2. The summed E-state index contributed by atoms with van der Waals surface area (Å²) < 4.78 is 5.67. The van der Waals surface area contributed by atoms with Crippen molar-refractivity contribution in [2.24, 2.45) is 7.05 Å². The smallest absolute Gasteiger partial charge is 0.360 e. The Bertz CT molecular complexity index is 677. The standard InChI is InChI=1S/C13H12N2O4/c1-15-11(8-6-4-3-5-7-8)14-9(13(18)19-2)10(16)12(15)17/h3-7,16H,1-2H3. The number of aromatic nitrogens is 2. The van der Waals surface area contributed by atoms with Crippen LogP contribution in [0.3, 0.4) is 0 Å². The summed E-state index contributed by atoms with van der Waals surface area (Å²) in [6.45, 7) is 0. The van der Waals surface area contributed by atoms with Crippen LogP contribution >= 0.6 is 0 Å². The van der Waals surface area contributed by atoms with Crippen molar-refractivity contribution < 1.29 is 14.6 Å². The Kier molecular flexibility index (Phi) is 3.33. The Morgan fingerprint density at radius 2 is 1.95 bits per heavy atom. The van der Waals surface area contributed by atoms with E-state index in [9.17, 15) is 14.7 Å². The minimum Gasteiger partial charge on any atom is -0.501 e. The SMILES string of the molecule is COC(=O)c1nc(-c2ccccc2)n(C)c(=O)c1O. The lowest BCUT2D eigenvalue weighted by Crippen LogP contribution is -2.23. The zero-order valence-corrected chi connectivity index (χ0v) is 10.5. The molecule has 0 amide bonds. The van der Waals surface area contributed by atoms with Crippen molar-refractivity contribution in [2.75, 3.05) is 7.11 Å². The average molecular weight is 260 g/mol. The van der Waals surface area contributed by atoms with Gasteiger partial charge in [0.1, 0.15) is 5.82 Å². The number of benzene rings is 1. The van der Waals surface area contributed by atoms with E-state index in [0.29, 0.717) is 5.56 Å². The highest BCUT2D eigenvalue weighted by atomic mass is 16.5. The van der Waals surface area contributed by atoms with Gasteiger partial charge in [-0.25, -0.2) is 9.78 Å². The number of ether oxygens (including phenoxy) is 1. The molecule has 0 aliphatic carbocycles. The van der Waals surface area contributed by atoms with E-state index in [1.165, 1.54) is 11.6 Å². The lowest BCUT2D eigenvalue weighted by molar-refractivity contribution is 0.0589. The van der Waals surface area contributed by atoms with E-state index in [-0.39, 0.29) is 11.5 Å². The molecule has 0 aliphatic rings. The highest BCUT2D eigenvalue weighted by Crippen LogP contribution is 2.18. The Balaban J connectivity index is 2.73. The number of esters is 1. The fraction of sp³-hybridized carbons (Fsp3) is 0.154. The summed E-state index contributed by atoms with van der Waals surface area (Å²) in [6.07, 6.45) is 0. The van der Waals surface area contributed by atoms with Gasteiger partial charge in [0.2, 0.25) is 5.75 Å². The van der Waals surface area contributed by atoms with Crippen molar-refractivity contribution in [1.82, 2.24) is 9.55 Å². The second kappa shape index (κ2) is 4.93. The predicted molar refractivity (Wildman–Crippen MR) is 67.9 cm³/mol. The summed E-state index contributed by atoms with van der Waals surface area (Å²) in [4.78, 5) is 27.4. The number of hydrogen-bond donors (Lipinski definition) is 1. The molecule has 19 heavy (non-hydrogen) atoms. The minimum absolute atomic E-state index is 0.281. The predicted octanol–water partition coefficient (Wildman–Crippen LogP) is 0.939. The highest BCUT2D eigenvalue weighted by Gasteiger charge is 2.20. The van der Waals surface area contributed by atoms with Crippen LogP contribution in [0.15, 0.2) is 35.1 Å². The van der Waals surface area contributed by atoms with Gasteiger partial charge in [-0.2, -0.15) is 0 Å². The van der Waals surface area contributed by atoms with E-state index in [1.54, 1.807) is 24.3 Å². The Hall–Kier alpha value is -2.63. The van der Waals surface area contributed by atoms with Crippen LogP contribution in [0.5, 0.6) is 5.75 Å². The van der Waals surface area contributed by atoms with Gasteiger partial charge in [0, 0.05) is 12.6 Å². The molecule has 0 fully saturated rings. The van der Waals surface area contributed by atoms with E-state index >= 15 is 0 Å². The fourth-order valence-electron chi connectivity index (χ4n) is 1.67. The van der Waals surface area contributed by atoms with Gasteiger partial charge in [-0.05, 0) is 0 Å². The summed E-state index contributed by atoms with van der Waals surface area (Å²) in [5.41, 5.74) is -0.425. The largest absolute Gasteiger partial charge is 0.501 e. The van der Waals surface area contributed by atoms with Crippen LogP contribution in [0.2, 0.25) is 0 Å². The summed E-state index contributed by atoms with van der Waals surface area (Å²) >= 11 is 0. The molecule has 0 atom stereocenters. The number of hydrogen-bond acceptors (Lipinski definition) is 5. The highest BCUT2D eigenvalue weighted by molar-refractivity contribution is 5.90. The average Bonchev–Trinajstić information content (AvgIpc) is 2.45. The number of aromatic hydroxyl groups is 1. The first kappa shape index (κ1) is 12.8. The molecule has 6 heteroatoms. The molecule has 0 radical (unpaired) electrons. The van der Waals surface area contributed by atoms with Gasteiger partial charge in [-0.1, -0.05) is 30.3 Å². The molecule has 0 saturated heterocycles. The Morgan fingerprint density at radius 1 is 1.32 bits per heavy atom. The zero-order valence-electron chi connectivity index (χ0n) is 10.5. The number of methoxy groups -OCH3 is 1. The molecule has 1 aromatic carbocycles. The molecule has 98 valence electrons. The Labute approximate surface area is 108 Å². The van der Waals surface area contributed by atoms with Gasteiger partial charge >= 0.3 is 5.97 Å². The first-order chi connectivity index (χ1) is 9.06. The first-order valence-corrected chi connectivity index (χ1v) is 5.50. The molecular formula is C13H12N2O4. The summed E-state index contributed by atoms with van der Waals surface area (Å²) in [5.74, 6) is -1.29. The molecule has 1 heterocycles. The number of carbonyl (C=O) groups is 1. The molecule has 1 N–H and O–H groups in total. The van der Waals surface area contributed by atoms with Gasteiger partial charge < -0.3 is 9.84 Å². The van der Waals surface area contributed by atoms with Crippen LogP contribution in [0.4, 0.5) is 0 Å². The van der Waals surface area contributed by atoms with Crippen LogP contribution in [-0.4, -0.2) is 27.7 Å². The van der Waals surface area contributed by atoms with Gasteiger partial charge in [0.15, 0.2) is 5.69 Å². The van der Waals surface area contributed by atoms with Crippen molar-refractivity contribution in [3.63, 3.8) is 0 Å². The van der Waals surface area contributed by atoms with E-state index in [2.05, 4.69) is 9.72 Å². The topological polar surface area (TPSA) is 81.4 Å². The molecule has 0 unspecified atom stereocenters. The lowest BCUT2D eigenvalue weighted by Gasteiger charge is -2.10. The minimum atomic E-state index is -0.854. The third kappa shape index (κ3) is 2.20. The molecule has 0 aliphatic heterocycles. The summed E-state index contributed by atoms with van der Waals surface area (Å²) in [7, 11) is 2.63. The maximum absolute atomic E-state index is 11.9. The Morgan fingerprint density at radius 3 is 2.53 bits per heavy atom. The van der Waals surface area contributed by atoms with Gasteiger partial charge in [0.25, 0.3) is 5.56 Å². The second-order valence-corrected chi connectivity index (χ2v) is 3.85. The van der Waals surface area contributed by atoms with Gasteiger partial charge in [-0.15, -0.1) is 0 Å². The van der Waals surface area contributed by atoms with Crippen LogP contribution in [0, 0.1) is 0 Å². The van der Waals surface area contributed by atoms with Crippen LogP contribution in [0.1, 0.15) is 10.5 Å². The summed E-state index contributed by atoms with van der Waals surface area (Å²) in [6, 6.07) is 8.89. The fourth-order valence-corrected chi connectivity index (χ4v) is 1.67. The second-order valence-electron chi connectivity index (χ2n) is 3.85. The molecule has 2 rings (SSSR count). The van der Waals surface area contributed by atoms with E-state index < -0.39 is 17.3 Å². The maximum Gasteiger partial charge on any atom is 0.360 e. The molecule has 2 aromatic rings. The number of carbonyl (C=O) groups excluding carboxylic acids is 1. The van der Waals surface area contributed by atoms with E-state index in [0.717, 1.165) is 7.11 Å². The zero-order chi connectivity index (χ0) is 14.0. The lowest BCUT2D eigenvalue weighted by atomic mass is 10.2. The molecule has 0 bridgehead atoms. The van der Waals surface area contributed by atoms with Crippen molar-refractivity contribution >= 4 is 5.97 Å². The van der Waals surface area contributed by atoms with Crippen molar-refractivity contribution in [3.8, 4) is 17.1 Å². The monoisotopic (exact) mass is 260 g/mol. The van der Waals surface area contributed by atoms with Gasteiger partial charge in [-0.3, -0.25) is 9.36 Å². The van der Waals surface area contributed by atoms with Crippen molar-refractivity contribution in [3.05, 3.63) is 46.4 Å². The van der Waals surface area contributed by atoms with Crippen LogP contribution < -0.4 is 5.56 Å². The third-order valence-corrected chi connectivity index (χ3v) is 2.68. The third-order valence-electron chi connectivity index (χ3n) is 2.68. The van der Waals surface area contributed by atoms with E-state index in [4.69, 9.17) is 0 Å². The maximum atomic E-state index is 11.9. The molecule has 0 spiro atoms. The van der Waals surface area contributed by atoms with Crippen LogP contribution in [-0.2, 0) is 11.8 Å².